The minimum Gasteiger partial charge on any atom is -0.497 e. The van der Waals surface area contributed by atoms with Crippen LogP contribution in [0.3, 0.4) is 0 Å². The van der Waals surface area contributed by atoms with Crippen molar-refractivity contribution in [2.45, 2.75) is 12.5 Å². The second-order valence-corrected chi connectivity index (χ2v) is 4.15. The fourth-order valence-corrected chi connectivity index (χ4v) is 1.87. The second-order valence-electron chi connectivity index (χ2n) is 3.88. The van der Waals surface area contributed by atoms with Gasteiger partial charge in [-0.3, -0.25) is 0 Å². The van der Waals surface area contributed by atoms with E-state index in [1.807, 2.05) is 48.5 Å². The first kappa shape index (κ1) is 12.8. The van der Waals surface area contributed by atoms with E-state index in [2.05, 4.69) is 0 Å². The summed E-state index contributed by atoms with van der Waals surface area (Å²) in [5.74, 6) is 1.99. The molecule has 0 radical (unpaired) electrons. The van der Waals surface area contributed by atoms with Crippen molar-refractivity contribution in [2.24, 2.45) is 0 Å². The maximum Gasteiger partial charge on any atom is 0.124 e. The Bertz CT molecular complexity index is 497. The van der Waals surface area contributed by atoms with Crippen molar-refractivity contribution in [3.63, 3.8) is 0 Å². The molecule has 0 aliphatic heterocycles. The Hall–Kier alpha value is -1.67. The van der Waals surface area contributed by atoms with E-state index < -0.39 is 0 Å². The van der Waals surface area contributed by atoms with Gasteiger partial charge in [-0.25, -0.2) is 0 Å². The average Bonchev–Trinajstić information content (AvgIpc) is 2.46. The standard InChI is InChI=1S/C15H15ClO2/c1-17-14-7-8-15(13(9-14)10-16)18-11-12-5-3-2-4-6-12/h2-9H,10-11H2,1H3. The van der Waals surface area contributed by atoms with Gasteiger partial charge in [0.15, 0.2) is 0 Å². The van der Waals surface area contributed by atoms with Crippen molar-refractivity contribution in [1.29, 1.82) is 0 Å². The molecule has 0 atom stereocenters. The van der Waals surface area contributed by atoms with Crippen molar-refractivity contribution in [2.75, 3.05) is 7.11 Å². The van der Waals surface area contributed by atoms with Gasteiger partial charge in [0, 0.05) is 5.56 Å². The molecule has 0 amide bonds. The quantitative estimate of drug-likeness (QED) is 0.758. The zero-order chi connectivity index (χ0) is 12.8. The first-order valence-electron chi connectivity index (χ1n) is 5.73. The van der Waals surface area contributed by atoms with E-state index in [1.54, 1.807) is 7.11 Å². The molecule has 2 aromatic carbocycles. The zero-order valence-corrected chi connectivity index (χ0v) is 11.0. The fourth-order valence-electron chi connectivity index (χ4n) is 1.66. The molecule has 2 nitrogen and oxygen atoms in total. The number of hydrogen-bond acceptors (Lipinski definition) is 2. The maximum absolute atomic E-state index is 5.91. The van der Waals surface area contributed by atoms with Crippen LogP contribution in [0, 0.1) is 0 Å². The van der Waals surface area contributed by atoms with E-state index in [-0.39, 0.29) is 0 Å². The van der Waals surface area contributed by atoms with Gasteiger partial charge in [0.2, 0.25) is 0 Å². The third kappa shape index (κ3) is 3.17. The van der Waals surface area contributed by atoms with Crippen LogP contribution >= 0.6 is 11.6 Å². The summed E-state index contributed by atoms with van der Waals surface area (Å²) >= 11 is 5.91. The molecule has 0 spiro atoms. The summed E-state index contributed by atoms with van der Waals surface area (Å²) in [4.78, 5) is 0. The second kappa shape index (κ2) is 6.31. The summed E-state index contributed by atoms with van der Waals surface area (Å²) in [5, 5.41) is 0. The lowest BCUT2D eigenvalue weighted by Crippen LogP contribution is -1.98. The van der Waals surface area contributed by atoms with Gasteiger partial charge in [-0.2, -0.15) is 0 Å². The Morgan fingerprint density at radius 1 is 1.06 bits per heavy atom. The molecule has 0 N–H and O–H groups in total. The number of methoxy groups -OCH3 is 1. The lowest BCUT2D eigenvalue weighted by molar-refractivity contribution is 0.303. The van der Waals surface area contributed by atoms with Gasteiger partial charge in [0.25, 0.3) is 0 Å². The molecular weight excluding hydrogens is 248 g/mol. The zero-order valence-electron chi connectivity index (χ0n) is 10.2. The van der Waals surface area contributed by atoms with Crippen molar-refractivity contribution >= 4 is 11.6 Å². The van der Waals surface area contributed by atoms with Crippen molar-refractivity contribution in [3.8, 4) is 11.5 Å². The Balaban J connectivity index is 2.09. The van der Waals surface area contributed by atoms with Crippen LogP contribution in [0.1, 0.15) is 11.1 Å². The first-order valence-corrected chi connectivity index (χ1v) is 6.26. The lowest BCUT2D eigenvalue weighted by Gasteiger charge is -2.11. The number of rotatable bonds is 5. The molecule has 18 heavy (non-hydrogen) atoms. The topological polar surface area (TPSA) is 18.5 Å². The summed E-state index contributed by atoms with van der Waals surface area (Å²) in [6.07, 6.45) is 0. The number of benzene rings is 2. The molecule has 0 saturated heterocycles. The maximum atomic E-state index is 5.91. The largest absolute Gasteiger partial charge is 0.497 e. The highest BCUT2D eigenvalue weighted by Gasteiger charge is 2.05. The van der Waals surface area contributed by atoms with Crippen molar-refractivity contribution in [3.05, 3.63) is 59.7 Å². The molecule has 0 unspecified atom stereocenters. The molecule has 0 aromatic heterocycles. The molecule has 2 rings (SSSR count). The van der Waals surface area contributed by atoms with E-state index >= 15 is 0 Å². The first-order chi connectivity index (χ1) is 8.83. The summed E-state index contributed by atoms with van der Waals surface area (Å²) in [6.45, 7) is 0.539. The van der Waals surface area contributed by atoms with Gasteiger partial charge in [-0.1, -0.05) is 30.3 Å². The summed E-state index contributed by atoms with van der Waals surface area (Å²) < 4.78 is 10.9. The summed E-state index contributed by atoms with van der Waals surface area (Å²) in [5.41, 5.74) is 2.07. The van der Waals surface area contributed by atoms with E-state index in [0.29, 0.717) is 12.5 Å². The lowest BCUT2D eigenvalue weighted by atomic mass is 10.2. The molecular formula is C15H15ClO2. The predicted molar refractivity (Wildman–Crippen MR) is 73.3 cm³/mol. The van der Waals surface area contributed by atoms with Crippen LogP contribution in [0.2, 0.25) is 0 Å². The molecule has 0 saturated carbocycles. The molecule has 0 aliphatic rings. The fraction of sp³-hybridized carbons (Fsp3) is 0.200. The van der Waals surface area contributed by atoms with E-state index in [9.17, 15) is 0 Å². The molecule has 0 heterocycles. The van der Waals surface area contributed by atoms with Crippen LogP contribution in [0.4, 0.5) is 0 Å². The molecule has 0 aliphatic carbocycles. The van der Waals surface area contributed by atoms with Gasteiger partial charge in [0.05, 0.1) is 13.0 Å². The van der Waals surface area contributed by atoms with E-state index in [0.717, 1.165) is 22.6 Å². The number of halogens is 1. The Morgan fingerprint density at radius 2 is 1.83 bits per heavy atom. The monoisotopic (exact) mass is 262 g/mol. The number of ether oxygens (including phenoxy) is 2. The molecule has 0 fully saturated rings. The van der Waals surface area contributed by atoms with Crippen LogP contribution in [0.5, 0.6) is 11.5 Å². The Kier molecular flexibility index (Phi) is 4.48. The van der Waals surface area contributed by atoms with Gasteiger partial charge in [-0.05, 0) is 23.8 Å². The van der Waals surface area contributed by atoms with E-state index in [1.165, 1.54) is 0 Å². The molecule has 3 heteroatoms. The predicted octanol–water partition coefficient (Wildman–Crippen LogP) is 4.01. The van der Waals surface area contributed by atoms with E-state index in [4.69, 9.17) is 21.1 Å². The Labute approximate surface area is 112 Å². The van der Waals surface area contributed by atoms with Crippen LogP contribution in [-0.4, -0.2) is 7.11 Å². The number of hydrogen-bond donors (Lipinski definition) is 0. The van der Waals surface area contributed by atoms with Crippen molar-refractivity contribution in [1.82, 2.24) is 0 Å². The smallest absolute Gasteiger partial charge is 0.124 e. The highest BCUT2D eigenvalue weighted by atomic mass is 35.5. The minimum absolute atomic E-state index is 0.404. The number of alkyl halides is 1. The van der Waals surface area contributed by atoms with Gasteiger partial charge < -0.3 is 9.47 Å². The average molecular weight is 263 g/mol. The van der Waals surface area contributed by atoms with Crippen LogP contribution in [0.25, 0.3) is 0 Å². The van der Waals surface area contributed by atoms with Gasteiger partial charge >= 0.3 is 0 Å². The Morgan fingerprint density at radius 3 is 2.50 bits per heavy atom. The third-order valence-corrected chi connectivity index (χ3v) is 2.94. The summed E-state index contributed by atoms with van der Waals surface area (Å²) in [7, 11) is 1.64. The SMILES string of the molecule is COc1ccc(OCc2ccccc2)c(CCl)c1. The highest BCUT2D eigenvalue weighted by Crippen LogP contribution is 2.26. The summed E-state index contributed by atoms with van der Waals surface area (Å²) in [6, 6.07) is 15.7. The molecule has 94 valence electrons. The third-order valence-electron chi connectivity index (χ3n) is 2.65. The molecule has 2 aromatic rings. The van der Waals surface area contributed by atoms with Crippen molar-refractivity contribution < 1.29 is 9.47 Å². The minimum atomic E-state index is 0.404. The van der Waals surface area contributed by atoms with Crippen LogP contribution in [-0.2, 0) is 12.5 Å². The molecule has 0 bridgehead atoms. The van der Waals surface area contributed by atoms with Gasteiger partial charge in [-0.15, -0.1) is 11.6 Å². The van der Waals surface area contributed by atoms with Crippen LogP contribution < -0.4 is 9.47 Å². The highest BCUT2D eigenvalue weighted by molar-refractivity contribution is 6.17. The van der Waals surface area contributed by atoms with Crippen LogP contribution in [0.15, 0.2) is 48.5 Å². The normalized spacial score (nSPS) is 10.1. The van der Waals surface area contributed by atoms with Gasteiger partial charge in [0.1, 0.15) is 18.1 Å².